The van der Waals surface area contributed by atoms with Crippen LogP contribution in [0.1, 0.15) is 127 Å². The van der Waals surface area contributed by atoms with Crippen molar-refractivity contribution in [3.8, 4) is 0 Å². The number of thioether (sulfide) groups is 2. The average Bonchev–Trinajstić information content (AvgIpc) is 3.99. The molecule has 0 saturated carbocycles. The van der Waals surface area contributed by atoms with E-state index in [0.717, 1.165) is 47.9 Å². The van der Waals surface area contributed by atoms with Crippen LogP contribution in [-0.4, -0.2) is 143 Å². The van der Waals surface area contributed by atoms with Gasteiger partial charge in [-0.05, 0) is 111 Å². The van der Waals surface area contributed by atoms with Gasteiger partial charge in [0, 0.05) is 26.1 Å². The number of nitrogens with zero attached hydrogens (tertiary/aromatic N) is 2. The van der Waals surface area contributed by atoms with Crippen LogP contribution in [0.15, 0.2) is 48.5 Å². The van der Waals surface area contributed by atoms with Crippen molar-refractivity contribution in [2.24, 2.45) is 10.8 Å². The van der Waals surface area contributed by atoms with E-state index in [9.17, 15) is 28.8 Å². The van der Waals surface area contributed by atoms with Gasteiger partial charge in [-0.1, -0.05) is 89.1 Å². The Kier molecular flexibility index (Phi) is 17.4. The molecule has 72 heavy (non-hydrogen) atoms. The average molecular weight is 1030 g/mol. The maximum atomic E-state index is 14.6. The molecule has 2 aromatic carbocycles. The Hall–Kier alpha value is -4.20. The van der Waals surface area contributed by atoms with Crippen molar-refractivity contribution in [3.05, 3.63) is 70.8 Å². The summed E-state index contributed by atoms with van der Waals surface area (Å²) in [6.45, 7) is 12.8. The highest BCUT2D eigenvalue weighted by atomic mass is 32.2. The first-order valence-corrected chi connectivity index (χ1v) is 28.4. The fraction of sp³-hybridized carbons (Fsp3) is 0.667. The third-order valence-corrected chi connectivity index (χ3v) is 18.5. The standard InChI is InChI=1S/C54H78N8O8S2/c1-31(55-7)47(63)57-37-21-25-71-41-29-53(3,4)45(61(41)51(37)67)49(65)59-43-35-19-13-11-17-33(35)27-39(43)69-23-15-9-10-16-24-70-40-28-34-18-12-14-20-36(34)44(40)60-50(66)46-54(5,6)30-42-62(46)52(68)38(22-26-72-42)58-48(64)32(2)56-8/h11-14,17-20,31-32,37-46,55-56H,9-10,15-16,21-30H2,1-8H3,(H,57,63)(H,58,64)(H,59,65)(H,60,66)/t31-,32+,37+,38-,39-,40+,41?,42?,43+,44-,45-,46+. The van der Waals surface area contributed by atoms with Gasteiger partial charge in [0.15, 0.2) is 0 Å². The van der Waals surface area contributed by atoms with Gasteiger partial charge in [0.25, 0.3) is 0 Å². The molecule has 2 aliphatic carbocycles. The van der Waals surface area contributed by atoms with Gasteiger partial charge in [0.2, 0.25) is 35.4 Å². The molecule has 0 radical (unpaired) electrons. The van der Waals surface area contributed by atoms with E-state index in [1.165, 1.54) is 0 Å². The van der Waals surface area contributed by atoms with Gasteiger partial charge < -0.3 is 51.2 Å². The van der Waals surface area contributed by atoms with Crippen molar-refractivity contribution < 1.29 is 38.2 Å². The lowest BCUT2D eigenvalue weighted by atomic mass is 9.83. The summed E-state index contributed by atoms with van der Waals surface area (Å²) in [6, 6.07) is 11.8. The van der Waals surface area contributed by atoms with Crippen LogP contribution in [0, 0.1) is 10.8 Å². The number of rotatable bonds is 19. The molecule has 2 aromatic rings. The molecule has 0 spiro atoms. The Bertz CT molecular complexity index is 2160. The molecule has 6 amide bonds. The number of ether oxygens (including phenoxy) is 2. The Morgan fingerprint density at radius 3 is 1.39 bits per heavy atom. The SMILES string of the molecule is CN[C@@H](C)C(=O)N[C@@H]1CCSC2CC(C)(C)[C@H](C(=O)N[C@@H]3c4ccccc4C[C@@H]3OCCCCCCO[C@@H]3Cc4ccccc4[C@@H]3NC(=O)[C@H]3N4C(=O)[C@@H](NC(=O)[C@@H](C)NC)CCSC4CC3(C)C)N2C1=O. The fourth-order valence-electron chi connectivity index (χ4n) is 11.8. The van der Waals surface area contributed by atoms with Crippen LogP contribution in [0.25, 0.3) is 0 Å². The minimum Gasteiger partial charge on any atom is -0.375 e. The summed E-state index contributed by atoms with van der Waals surface area (Å²) in [7, 11) is 3.42. The predicted molar refractivity (Wildman–Crippen MR) is 281 cm³/mol. The van der Waals surface area contributed by atoms with E-state index in [-0.39, 0.29) is 70.5 Å². The maximum Gasteiger partial charge on any atom is 0.246 e. The molecule has 394 valence electrons. The number of carbonyl (C=O) groups excluding carboxylic acids is 6. The summed E-state index contributed by atoms with van der Waals surface area (Å²) in [5, 5.41) is 18.2. The largest absolute Gasteiger partial charge is 0.375 e. The van der Waals surface area contributed by atoms with Gasteiger partial charge in [0.05, 0.1) is 47.1 Å². The van der Waals surface area contributed by atoms with Gasteiger partial charge in [-0.2, -0.15) is 0 Å². The molecule has 2 unspecified atom stereocenters. The lowest BCUT2D eigenvalue weighted by molar-refractivity contribution is -0.144. The summed E-state index contributed by atoms with van der Waals surface area (Å²) in [6.07, 6.45) is 6.71. The second-order valence-electron chi connectivity index (χ2n) is 22.1. The number of hydrogen-bond acceptors (Lipinski definition) is 12. The first-order valence-electron chi connectivity index (χ1n) is 26.3. The molecule has 4 aliphatic heterocycles. The summed E-state index contributed by atoms with van der Waals surface area (Å²) >= 11 is 3.37. The summed E-state index contributed by atoms with van der Waals surface area (Å²) in [5.41, 5.74) is 3.37. The van der Waals surface area contributed by atoms with Gasteiger partial charge in [-0.15, -0.1) is 23.5 Å². The van der Waals surface area contributed by atoms with Crippen LogP contribution in [0.2, 0.25) is 0 Å². The Morgan fingerprint density at radius 2 is 1.00 bits per heavy atom. The lowest BCUT2D eigenvalue weighted by Crippen LogP contribution is -2.58. The van der Waals surface area contributed by atoms with E-state index < -0.39 is 47.1 Å². The third kappa shape index (κ3) is 11.5. The van der Waals surface area contributed by atoms with E-state index >= 15 is 0 Å². The molecule has 4 saturated heterocycles. The molecule has 4 heterocycles. The number of carbonyl (C=O) groups is 6. The fourth-order valence-corrected chi connectivity index (χ4v) is 15.0. The highest BCUT2D eigenvalue weighted by Crippen LogP contribution is 2.48. The predicted octanol–water partition coefficient (Wildman–Crippen LogP) is 4.51. The normalized spacial score (nSPS) is 30.0. The van der Waals surface area contributed by atoms with Crippen LogP contribution < -0.4 is 31.9 Å². The van der Waals surface area contributed by atoms with Crippen molar-refractivity contribution in [3.63, 3.8) is 0 Å². The second kappa shape index (κ2) is 23.1. The van der Waals surface area contributed by atoms with Crippen molar-refractivity contribution in [2.45, 2.75) is 177 Å². The Balaban J connectivity index is 0.836. The topological polar surface area (TPSA) is 200 Å². The smallest absolute Gasteiger partial charge is 0.246 e. The minimum absolute atomic E-state index is 0.157. The van der Waals surface area contributed by atoms with Gasteiger partial charge in [0.1, 0.15) is 24.2 Å². The van der Waals surface area contributed by atoms with Crippen LogP contribution >= 0.6 is 23.5 Å². The van der Waals surface area contributed by atoms with Crippen molar-refractivity contribution in [1.82, 2.24) is 41.7 Å². The molecular formula is C54H78N8O8S2. The highest BCUT2D eigenvalue weighted by molar-refractivity contribution is 8.00. The zero-order chi connectivity index (χ0) is 51.5. The summed E-state index contributed by atoms with van der Waals surface area (Å²) in [4.78, 5) is 86.8. The molecule has 18 heteroatoms. The lowest BCUT2D eigenvalue weighted by Gasteiger charge is -2.35. The van der Waals surface area contributed by atoms with Gasteiger partial charge >= 0.3 is 0 Å². The van der Waals surface area contributed by atoms with Crippen LogP contribution in [0.5, 0.6) is 0 Å². The Morgan fingerprint density at radius 1 is 0.611 bits per heavy atom. The molecule has 6 N–H and O–H groups in total. The van der Waals surface area contributed by atoms with Crippen molar-refractivity contribution >= 4 is 59.0 Å². The monoisotopic (exact) mass is 1030 g/mol. The summed E-state index contributed by atoms with van der Waals surface area (Å²) in [5.74, 6) is 0.117. The molecule has 0 aromatic heterocycles. The third-order valence-electron chi connectivity index (χ3n) is 16.0. The number of hydrogen-bond donors (Lipinski definition) is 6. The maximum absolute atomic E-state index is 14.6. The second-order valence-corrected chi connectivity index (χ2v) is 24.6. The summed E-state index contributed by atoms with van der Waals surface area (Å²) < 4.78 is 13.2. The molecule has 8 rings (SSSR count). The molecule has 4 fully saturated rings. The number of nitrogens with one attached hydrogen (secondary N) is 6. The number of fused-ring (bicyclic) bond motifs is 4. The number of unbranched alkanes of at least 4 members (excludes halogenated alkanes) is 3. The molecule has 0 bridgehead atoms. The first-order chi connectivity index (χ1) is 34.4. The van der Waals surface area contributed by atoms with Gasteiger partial charge in [-0.25, -0.2) is 0 Å². The van der Waals surface area contributed by atoms with Crippen LogP contribution in [0.4, 0.5) is 0 Å². The van der Waals surface area contributed by atoms with Crippen molar-refractivity contribution in [2.75, 3.05) is 38.8 Å². The number of amides is 6. The molecule has 12 atom stereocenters. The zero-order valence-corrected chi connectivity index (χ0v) is 45.1. The molecule has 16 nitrogen and oxygen atoms in total. The quantitative estimate of drug-likeness (QED) is 0.108. The Labute approximate surface area is 434 Å². The van der Waals surface area contributed by atoms with E-state index in [4.69, 9.17) is 9.47 Å². The molecule has 6 aliphatic rings. The first kappa shape index (κ1) is 54.1. The zero-order valence-electron chi connectivity index (χ0n) is 43.4. The van der Waals surface area contributed by atoms with Gasteiger partial charge in [-0.3, -0.25) is 28.8 Å². The van der Waals surface area contributed by atoms with E-state index in [0.29, 0.717) is 63.2 Å². The highest BCUT2D eigenvalue weighted by Gasteiger charge is 2.57. The van der Waals surface area contributed by atoms with Crippen LogP contribution in [0.3, 0.4) is 0 Å². The number of likely N-dealkylation sites (N-methyl/N-ethyl adjacent to an activating group) is 2. The van der Waals surface area contributed by atoms with Crippen molar-refractivity contribution in [1.29, 1.82) is 0 Å². The van der Waals surface area contributed by atoms with E-state index in [1.54, 1.807) is 61.3 Å². The van der Waals surface area contributed by atoms with E-state index in [1.807, 2.05) is 24.3 Å². The molecular weight excluding hydrogens is 953 g/mol. The minimum atomic E-state index is -0.708. The number of benzene rings is 2. The van der Waals surface area contributed by atoms with E-state index in [2.05, 4.69) is 83.9 Å². The van der Waals surface area contributed by atoms with Crippen LogP contribution in [-0.2, 0) is 51.1 Å².